The monoisotopic (exact) mass is 558 g/mol. The number of aromatic nitrogens is 3. The summed E-state index contributed by atoms with van der Waals surface area (Å²) in [5.41, 5.74) is 1.54. The van der Waals surface area contributed by atoms with E-state index < -0.39 is 18.1 Å². The van der Waals surface area contributed by atoms with Crippen molar-refractivity contribution in [1.29, 1.82) is 0 Å². The highest BCUT2D eigenvalue weighted by Crippen LogP contribution is 2.41. The second-order valence-corrected chi connectivity index (χ2v) is 10.1. The second-order valence-electron chi connectivity index (χ2n) is 10.1. The van der Waals surface area contributed by atoms with Gasteiger partial charge in [0, 0.05) is 44.0 Å². The Bertz CT molecular complexity index is 1380. The van der Waals surface area contributed by atoms with Gasteiger partial charge in [-0.1, -0.05) is 0 Å². The molecule has 2 aliphatic rings. The Morgan fingerprint density at radius 1 is 1.07 bits per heavy atom. The van der Waals surface area contributed by atoms with Crippen LogP contribution in [0.4, 0.5) is 40.7 Å². The Morgan fingerprint density at radius 2 is 1.82 bits per heavy atom. The zero-order valence-electron chi connectivity index (χ0n) is 22.3. The minimum absolute atomic E-state index is 0.0474. The lowest BCUT2D eigenvalue weighted by atomic mass is 10.1. The van der Waals surface area contributed by atoms with Crippen molar-refractivity contribution in [2.45, 2.75) is 39.4 Å². The van der Waals surface area contributed by atoms with Gasteiger partial charge in [-0.25, -0.2) is 32.5 Å². The minimum atomic E-state index is -2.40. The smallest absolute Gasteiger partial charge is 0.255 e. The third kappa shape index (κ3) is 5.64. The number of nitrogens with zero attached hydrogens (tertiary/aromatic N) is 6. The SMILES string of the molecule is CC(C)N1c2cc(-c3nc(Nc4ccc(C(=O)N5CCN(CC(F)F)CC5)cn4)ncc3F)cc(F)c2NC1C. The summed E-state index contributed by atoms with van der Waals surface area (Å²) in [6.07, 6.45) is -0.130. The lowest BCUT2D eigenvalue weighted by Crippen LogP contribution is -2.49. The van der Waals surface area contributed by atoms with Crippen LogP contribution < -0.4 is 15.5 Å². The highest BCUT2D eigenvalue weighted by Gasteiger charge is 2.31. The maximum Gasteiger partial charge on any atom is 0.255 e. The highest BCUT2D eigenvalue weighted by molar-refractivity contribution is 5.94. The van der Waals surface area contributed by atoms with Crippen LogP contribution in [0, 0.1) is 11.6 Å². The molecular formula is C27H30F4N8O. The minimum Gasteiger partial charge on any atom is -0.361 e. The molecule has 1 aromatic carbocycles. The number of carbonyl (C=O) groups excluding carboxylic acids is 1. The molecule has 1 saturated heterocycles. The molecule has 2 aliphatic heterocycles. The number of alkyl halides is 2. The van der Waals surface area contributed by atoms with Crippen molar-refractivity contribution < 1.29 is 22.4 Å². The molecule has 2 aromatic heterocycles. The molecule has 0 spiro atoms. The summed E-state index contributed by atoms with van der Waals surface area (Å²) in [7, 11) is 0. The number of halogens is 4. The normalized spacial score (nSPS) is 17.4. The predicted molar refractivity (Wildman–Crippen MR) is 144 cm³/mol. The maximum absolute atomic E-state index is 15.0. The first-order valence-electron chi connectivity index (χ1n) is 13.0. The summed E-state index contributed by atoms with van der Waals surface area (Å²) in [4.78, 5) is 30.6. The van der Waals surface area contributed by atoms with E-state index in [0.29, 0.717) is 48.9 Å². The zero-order valence-corrected chi connectivity index (χ0v) is 22.3. The Morgan fingerprint density at radius 3 is 2.48 bits per heavy atom. The van der Waals surface area contributed by atoms with Crippen LogP contribution in [0.2, 0.25) is 0 Å². The molecule has 1 unspecified atom stereocenters. The molecule has 0 aliphatic carbocycles. The molecule has 0 bridgehead atoms. The lowest BCUT2D eigenvalue weighted by molar-refractivity contribution is 0.0458. The molecule has 2 N–H and O–H groups in total. The fourth-order valence-corrected chi connectivity index (χ4v) is 5.14. The summed E-state index contributed by atoms with van der Waals surface area (Å²) in [5, 5.41) is 6.02. The number of benzene rings is 1. The number of pyridine rings is 1. The predicted octanol–water partition coefficient (Wildman–Crippen LogP) is 4.57. The van der Waals surface area contributed by atoms with Crippen molar-refractivity contribution in [2.75, 3.05) is 48.3 Å². The van der Waals surface area contributed by atoms with E-state index in [4.69, 9.17) is 0 Å². The van der Waals surface area contributed by atoms with Gasteiger partial charge < -0.3 is 20.4 Å². The standard InChI is InChI=1S/C27H30F4N8O/c1-15(2)39-16(3)34-25-19(28)10-18(11-21(25)39)24-20(29)13-33-27(36-24)35-23-5-4-17(12-32-23)26(40)38-8-6-37(7-9-38)14-22(30)31/h4-5,10-13,15-16,22,34H,6-9,14H2,1-3H3,(H,32,33,35,36). The van der Waals surface area contributed by atoms with Crippen LogP contribution >= 0.6 is 0 Å². The summed E-state index contributed by atoms with van der Waals surface area (Å²) < 4.78 is 55.0. The average Bonchev–Trinajstić information content (AvgIpc) is 3.26. The summed E-state index contributed by atoms with van der Waals surface area (Å²) in [5.74, 6) is -1.09. The van der Waals surface area contributed by atoms with Crippen LogP contribution in [0.1, 0.15) is 31.1 Å². The Kier molecular flexibility index (Phi) is 7.74. The van der Waals surface area contributed by atoms with Gasteiger partial charge >= 0.3 is 0 Å². The molecular weight excluding hydrogens is 528 g/mol. The molecule has 4 heterocycles. The summed E-state index contributed by atoms with van der Waals surface area (Å²) >= 11 is 0. The Hall–Kier alpha value is -4.00. The molecule has 3 aromatic rings. The number of anilines is 4. The Balaban J connectivity index is 1.30. The molecule has 212 valence electrons. The molecule has 40 heavy (non-hydrogen) atoms. The molecule has 5 rings (SSSR count). The van der Waals surface area contributed by atoms with E-state index in [9.17, 15) is 22.4 Å². The van der Waals surface area contributed by atoms with Gasteiger partial charge in [-0.05, 0) is 45.0 Å². The Labute approximate surface area is 229 Å². The van der Waals surface area contributed by atoms with Crippen LogP contribution in [0.25, 0.3) is 11.3 Å². The topological polar surface area (TPSA) is 89.5 Å². The first kappa shape index (κ1) is 27.6. The van der Waals surface area contributed by atoms with Gasteiger partial charge in [0.05, 0.1) is 35.8 Å². The number of hydrogen-bond donors (Lipinski definition) is 2. The molecule has 0 radical (unpaired) electrons. The van der Waals surface area contributed by atoms with E-state index in [2.05, 4.69) is 25.6 Å². The number of carbonyl (C=O) groups is 1. The second kappa shape index (κ2) is 11.2. The van der Waals surface area contributed by atoms with Crippen LogP contribution in [0.5, 0.6) is 0 Å². The van der Waals surface area contributed by atoms with Gasteiger partial charge in [-0.2, -0.15) is 0 Å². The average molecular weight is 559 g/mol. The molecule has 9 nitrogen and oxygen atoms in total. The van der Waals surface area contributed by atoms with Crippen LogP contribution in [-0.4, -0.2) is 82.0 Å². The summed E-state index contributed by atoms with van der Waals surface area (Å²) in [6.45, 7) is 7.08. The number of rotatable bonds is 7. The first-order valence-corrected chi connectivity index (χ1v) is 13.0. The quantitative estimate of drug-likeness (QED) is 0.408. The van der Waals surface area contributed by atoms with Crippen molar-refractivity contribution in [3.8, 4) is 11.3 Å². The van der Waals surface area contributed by atoms with Crippen molar-refractivity contribution in [1.82, 2.24) is 24.8 Å². The maximum atomic E-state index is 15.0. The van der Waals surface area contributed by atoms with Crippen molar-refractivity contribution in [2.24, 2.45) is 0 Å². The molecule has 1 atom stereocenters. The van der Waals surface area contributed by atoms with E-state index in [0.717, 1.165) is 6.20 Å². The lowest BCUT2D eigenvalue weighted by Gasteiger charge is -2.34. The van der Waals surface area contributed by atoms with E-state index in [1.165, 1.54) is 12.3 Å². The largest absolute Gasteiger partial charge is 0.361 e. The van der Waals surface area contributed by atoms with Crippen LogP contribution in [-0.2, 0) is 0 Å². The van der Waals surface area contributed by atoms with Gasteiger partial charge in [-0.3, -0.25) is 9.69 Å². The van der Waals surface area contributed by atoms with Crippen molar-refractivity contribution >= 4 is 29.0 Å². The number of fused-ring (bicyclic) bond motifs is 1. The van der Waals surface area contributed by atoms with Gasteiger partial charge in [0.1, 0.15) is 17.3 Å². The van der Waals surface area contributed by atoms with Crippen LogP contribution in [0.15, 0.2) is 36.7 Å². The molecule has 0 saturated carbocycles. The van der Waals surface area contributed by atoms with Gasteiger partial charge in [-0.15, -0.1) is 0 Å². The number of hydrogen-bond acceptors (Lipinski definition) is 8. The van der Waals surface area contributed by atoms with Gasteiger partial charge in [0.15, 0.2) is 5.82 Å². The summed E-state index contributed by atoms with van der Waals surface area (Å²) in [6, 6.07) is 6.18. The van der Waals surface area contributed by atoms with Crippen molar-refractivity contribution in [3.05, 3.63) is 53.9 Å². The molecule has 13 heteroatoms. The van der Waals surface area contributed by atoms with E-state index in [1.54, 1.807) is 28.0 Å². The van der Waals surface area contributed by atoms with E-state index >= 15 is 0 Å². The van der Waals surface area contributed by atoms with Crippen molar-refractivity contribution in [3.63, 3.8) is 0 Å². The highest BCUT2D eigenvalue weighted by atomic mass is 19.3. The van der Waals surface area contributed by atoms with Gasteiger partial charge in [0.25, 0.3) is 12.3 Å². The van der Waals surface area contributed by atoms with Gasteiger partial charge in [0.2, 0.25) is 5.95 Å². The molecule has 1 amide bonds. The van der Waals surface area contributed by atoms with Crippen LogP contribution in [0.3, 0.4) is 0 Å². The van der Waals surface area contributed by atoms with E-state index in [1.807, 2.05) is 25.7 Å². The molecule has 1 fully saturated rings. The third-order valence-electron chi connectivity index (χ3n) is 7.00. The number of nitrogens with one attached hydrogen (secondary N) is 2. The first-order chi connectivity index (χ1) is 19.1. The number of amides is 1. The van der Waals surface area contributed by atoms with E-state index in [-0.39, 0.29) is 41.9 Å². The third-order valence-corrected chi connectivity index (χ3v) is 7.00. The zero-order chi connectivity index (χ0) is 28.6. The fourth-order valence-electron chi connectivity index (χ4n) is 5.14. The number of piperazine rings is 1. The fraction of sp³-hybridized carbons (Fsp3) is 0.407.